The zero-order chi connectivity index (χ0) is 18.5. The van der Waals surface area contributed by atoms with Crippen molar-refractivity contribution in [3.63, 3.8) is 0 Å². The largest absolute Gasteiger partial charge is 0.381 e. The first-order chi connectivity index (χ1) is 12.0. The molecule has 1 rings (SSSR count). The van der Waals surface area contributed by atoms with Crippen LogP contribution < -0.4 is 10.6 Å². The van der Waals surface area contributed by atoms with E-state index in [1.54, 1.807) is 0 Å². The minimum Gasteiger partial charge on any atom is -0.381 e. The molecule has 0 bridgehead atoms. The summed E-state index contributed by atoms with van der Waals surface area (Å²) in [5.41, 5.74) is 0. The fourth-order valence-electron chi connectivity index (χ4n) is 2.98. The van der Waals surface area contributed by atoms with Gasteiger partial charge in [-0.05, 0) is 24.7 Å². The first-order valence-corrected chi connectivity index (χ1v) is 9.87. The fraction of sp³-hybridized carbons (Fsp3) is 0.947. The maximum absolute atomic E-state index is 5.61. The molecule has 1 atom stereocenters. The Morgan fingerprint density at radius 3 is 2.44 bits per heavy atom. The molecule has 1 unspecified atom stereocenters. The fourth-order valence-corrected chi connectivity index (χ4v) is 2.98. The lowest BCUT2D eigenvalue weighted by molar-refractivity contribution is 0.0132. The normalized spacial score (nSPS) is 18.0. The summed E-state index contributed by atoms with van der Waals surface area (Å²) in [5.74, 6) is 2.16. The Morgan fingerprint density at radius 1 is 1.12 bits per heavy atom. The minimum atomic E-state index is 0.525. The second kappa shape index (κ2) is 13.4. The number of ether oxygens (including phenoxy) is 2. The second-order valence-corrected chi connectivity index (χ2v) is 7.63. The maximum atomic E-state index is 5.61. The van der Waals surface area contributed by atoms with Crippen LogP contribution in [0.15, 0.2) is 4.99 Å². The molecule has 0 spiro atoms. The third-order valence-electron chi connectivity index (χ3n) is 4.24. The van der Waals surface area contributed by atoms with E-state index in [0.29, 0.717) is 17.9 Å². The average molecular weight is 357 g/mol. The molecule has 25 heavy (non-hydrogen) atoms. The van der Waals surface area contributed by atoms with Gasteiger partial charge in [0, 0.05) is 52.5 Å². The summed E-state index contributed by atoms with van der Waals surface area (Å²) in [7, 11) is 1.83. The highest BCUT2D eigenvalue weighted by Crippen LogP contribution is 2.12. The van der Waals surface area contributed by atoms with Crippen molar-refractivity contribution in [3.05, 3.63) is 0 Å². The monoisotopic (exact) mass is 356 g/mol. The summed E-state index contributed by atoms with van der Waals surface area (Å²) in [5, 5.41) is 6.88. The van der Waals surface area contributed by atoms with Gasteiger partial charge in [-0.2, -0.15) is 0 Å². The zero-order valence-electron chi connectivity index (χ0n) is 17.0. The van der Waals surface area contributed by atoms with Gasteiger partial charge in [0.05, 0.1) is 13.2 Å². The molecule has 0 radical (unpaired) electrons. The predicted molar refractivity (Wildman–Crippen MR) is 105 cm³/mol. The number of rotatable bonds is 11. The standard InChI is InChI=1S/C19H40N4O2/c1-16(2)13-18(23-8-11-24-12-9-23)14-22-19(20-5)21-7-6-10-25-15-17(3)4/h16-18H,6-15H2,1-5H3,(H2,20,21,22). The van der Waals surface area contributed by atoms with E-state index in [0.717, 1.165) is 65.0 Å². The van der Waals surface area contributed by atoms with Crippen molar-refractivity contribution in [1.29, 1.82) is 0 Å². The van der Waals surface area contributed by atoms with Crippen molar-refractivity contribution in [2.45, 2.75) is 46.6 Å². The van der Waals surface area contributed by atoms with Crippen LogP contribution in [0.2, 0.25) is 0 Å². The van der Waals surface area contributed by atoms with Gasteiger partial charge in [0.15, 0.2) is 5.96 Å². The molecule has 0 aromatic rings. The highest BCUT2D eigenvalue weighted by atomic mass is 16.5. The van der Waals surface area contributed by atoms with E-state index < -0.39 is 0 Å². The Kier molecular flexibility index (Phi) is 11.9. The van der Waals surface area contributed by atoms with Crippen LogP contribution in [-0.4, -0.2) is 76.6 Å². The molecule has 2 N–H and O–H groups in total. The number of guanidine groups is 1. The number of nitrogens with zero attached hydrogens (tertiary/aromatic N) is 2. The number of hydrogen-bond acceptors (Lipinski definition) is 4. The minimum absolute atomic E-state index is 0.525. The molecule has 0 aromatic carbocycles. The lowest BCUT2D eigenvalue weighted by Gasteiger charge is -2.35. The van der Waals surface area contributed by atoms with Crippen molar-refractivity contribution >= 4 is 5.96 Å². The molecule has 6 nitrogen and oxygen atoms in total. The molecular formula is C19H40N4O2. The third-order valence-corrected chi connectivity index (χ3v) is 4.24. The van der Waals surface area contributed by atoms with Crippen LogP contribution in [0.5, 0.6) is 0 Å². The summed E-state index contributed by atoms with van der Waals surface area (Å²) in [6, 6.07) is 0.525. The van der Waals surface area contributed by atoms with E-state index in [2.05, 4.69) is 48.2 Å². The Hall–Kier alpha value is -0.850. The van der Waals surface area contributed by atoms with Crippen LogP contribution in [0.25, 0.3) is 0 Å². The van der Waals surface area contributed by atoms with Gasteiger partial charge in [-0.25, -0.2) is 0 Å². The van der Waals surface area contributed by atoms with Crippen molar-refractivity contribution in [2.24, 2.45) is 16.8 Å². The third kappa shape index (κ3) is 10.7. The van der Waals surface area contributed by atoms with Crippen molar-refractivity contribution < 1.29 is 9.47 Å². The Morgan fingerprint density at radius 2 is 1.84 bits per heavy atom. The van der Waals surface area contributed by atoms with E-state index >= 15 is 0 Å². The second-order valence-electron chi connectivity index (χ2n) is 7.63. The highest BCUT2D eigenvalue weighted by molar-refractivity contribution is 5.79. The topological polar surface area (TPSA) is 58.1 Å². The van der Waals surface area contributed by atoms with E-state index in [4.69, 9.17) is 9.47 Å². The molecule has 6 heteroatoms. The molecule has 1 fully saturated rings. The van der Waals surface area contributed by atoms with Crippen LogP contribution in [-0.2, 0) is 9.47 Å². The smallest absolute Gasteiger partial charge is 0.191 e. The molecule has 1 aliphatic rings. The zero-order valence-corrected chi connectivity index (χ0v) is 17.0. The van der Waals surface area contributed by atoms with Gasteiger partial charge in [0.2, 0.25) is 0 Å². The molecule has 0 amide bonds. The Bertz CT molecular complexity index is 355. The van der Waals surface area contributed by atoms with Gasteiger partial charge in [0.25, 0.3) is 0 Å². The number of morpholine rings is 1. The lowest BCUT2D eigenvalue weighted by Crippen LogP contribution is -2.51. The molecule has 0 aliphatic carbocycles. The van der Waals surface area contributed by atoms with Gasteiger partial charge in [-0.15, -0.1) is 0 Å². The summed E-state index contributed by atoms with van der Waals surface area (Å²) in [6.07, 6.45) is 2.18. The maximum Gasteiger partial charge on any atom is 0.191 e. The van der Waals surface area contributed by atoms with Gasteiger partial charge in [-0.3, -0.25) is 9.89 Å². The van der Waals surface area contributed by atoms with Gasteiger partial charge < -0.3 is 20.1 Å². The Labute approximate surface area is 154 Å². The van der Waals surface area contributed by atoms with E-state index in [1.165, 1.54) is 6.42 Å². The first-order valence-electron chi connectivity index (χ1n) is 9.87. The predicted octanol–water partition coefficient (Wildman–Crippen LogP) is 1.96. The van der Waals surface area contributed by atoms with Crippen LogP contribution in [0.1, 0.15) is 40.5 Å². The molecular weight excluding hydrogens is 316 g/mol. The first kappa shape index (κ1) is 22.2. The van der Waals surface area contributed by atoms with Crippen LogP contribution >= 0.6 is 0 Å². The summed E-state index contributed by atoms with van der Waals surface area (Å²) in [4.78, 5) is 6.89. The molecule has 0 aromatic heterocycles. The molecule has 0 saturated carbocycles. The van der Waals surface area contributed by atoms with Gasteiger partial charge in [0.1, 0.15) is 0 Å². The van der Waals surface area contributed by atoms with Crippen molar-refractivity contribution in [2.75, 3.05) is 59.7 Å². The number of aliphatic imine (C=N–C) groups is 1. The summed E-state index contributed by atoms with van der Waals surface area (Å²) in [6.45, 7) is 16.1. The average Bonchev–Trinajstić information content (AvgIpc) is 2.59. The highest BCUT2D eigenvalue weighted by Gasteiger charge is 2.22. The van der Waals surface area contributed by atoms with Crippen LogP contribution in [0.3, 0.4) is 0 Å². The molecule has 148 valence electrons. The molecule has 1 aliphatic heterocycles. The quantitative estimate of drug-likeness (QED) is 0.337. The lowest BCUT2D eigenvalue weighted by atomic mass is 10.0. The van der Waals surface area contributed by atoms with Crippen LogP contribution in [0.4, 0.5) is 0 Å². The van der Waals surface area contributed by atoms with E-state index in [1.807, 2.05) is 7.05 Å². The van der Waals surface area contributed by atoms with E-state index in [9.17, 15) is 0 Å². The molecule has 1 saturated heterocycles. The summed E-state index contributed by atoms with van der Waals surface area (Å²) < 4.78 is 11.1. The van der Waals surface area contributed by atoms with Gasteiger partial charge >= 0.3 is 0 Å². The number of hydrogen-bond donors (Lipinski definition) is 2. The number of nitrogens with one attached hydrogen (secondary N) is 2. The van der Waals surface area contributed by atoms with E-state index in [-0.39, 0.29) is 0 Å². The summed E-state index contributed by atoms with van der Waals surface area (Å²) >= 11 is 0. The van der Waals surface area contributed by atoms with Crippen molar-refractivity contribution in [3.8, 4) is 0 Å². The van der Waals surface area contributed by atoms with Crippen LogP contribution in [0, 0.1) is 11.8 Å². The molecule has 1 heterocycles. The van der Waals surface area contributed by atoms with Gasteiger partial charge in [-0.1, -0.05) is 27.7 Å². The van der Waals surface area contributed by atoms with Crippen molar-refractivity contribution in [1.82, 2.24) is 15.5 Å². The Balaban J connectivity index is 2.29. The SMILES string of the molecule is CN=C(NCCCOCC(C)C)NCC(CC(C)C)N1CCOCC1.